The smallest absolute Gasteiger partial charge is 0.339 e. The van der Waals surface area contributed by atoms with Gasteiger partial charge in [-0.2, -0.15) is 5.26 Å². The molecule has 0 bridgehead atoms. The highest BCUT2D eigenvalue weighted by molar-refractivity contribution is 8.18. The summed E-state index contributed by atoms with van der Waals surface area (Å²) in [7, 11) is 0. The summed E-state index contributed by atoms with van der Waals surface area (Å²) in [5.41, 5.74) is 1.83. The van der Waals surface area contributed by atoms with Crippen LogP contribution < -0.4 is 0 Å². The molecule has 0 aliphatic carbocycles. The molecule has 1 fully saturated rings. The van der Waals surface area contributed by atoms with Crippen molar-refractivity contribution in [3.63, 3.8) is 0 Å². The van der Waals surface area contributed by atoms with E-state index in [-0.39, 0.29) is 28.6 Å². The van der Waals surface area contributed by atoms with Gasteiger partial charge in [0.05, 0.1) is 40.3 Å². The molecule has 0 atom stereocenters. The van der Waals surface area contributed by atoms with Gasteiger partial charge in [0.25, 0.3) is 11.1 Å². The summed E-state index contributed by atoms with van der Waals surface area (Å²) >= 11 is 6.92. The van der Waals surface area contributed by atoms with Crippen LogP contribution >= 0.6 is 23.4 Å². The molecule has 2 heterocycles. The number of hydrogen-bond acceptors (Lipinski definition) is 7. The summed E-state index contributed by atoms with van der Waals surface area (Å²) in [5.74, 6) is -0.175. The number of nitrogens with zero attached hydrogens (tertiary/aromatic N) is 2. The number of amides is 2. The molecular formula is C25H17ClN2O5S. The van der Waals surface area contributed by atoms with Crippen LogP contribution in [0.5, 0.6) is 0 Å². The minimum Gasteiger partial charge on any atom is -0.462 e. The van der Waals surface area contributed by atoms with E-state index in [4.69, 9.17) is 20.8 Å². The molecule has 1 aromatic heterocycles. The largest absolute Gasteiger partial charge is 0.462 e. The van der Waals surface area contributed by atoms with E-state index < -0.39 is 17.1 Å². The van der Waals surface area contributed by atoms with Crippen molar-refractivity contribution in [2.45, 2.75) is 13.5 Å². The van der Waals surface area contributed by atoms with Crippen LogP contribution in [0.25, 0.3) is 17.4 Å². The van der Waals surface area contributed by atoms with Crippen LogP contribution in [0.15, 0.2) is 63.9 Å². The highest BCUT2D eigenvalue weighted by Gasteiger charge is 2.35. The number of hydrogen-bond donors (Lipinski definition) is 0. The zero-order chi connectivity index (χ0) is 24.2. The molecule has 0 spiro atoms. The molecular weight excluding hydrogens is 476 g/mol. The number of ether oxygens (including phenoxy) is 1. The first-order valence-electron chi connectivity index (χ1n) is 10.2. The molecule has 7 nitrogen and oxygen atoms in total. The van der Waals surface area contributed by atoms with Crippen LogP contribution in [0, 0.1) is 11.3 Å². The minimum absolute atomic E-state index is 0.0105. The Kier molecular flexibility index (Phi) is 6.87. The van der Waals surface area contributed by atoms with Gasteiger partial charge in [-0.1, -0.05) is 29.8 Å². The van der Waals surface area contributed by atoms with Gasteiger partial charge in [-0.3, -0.25) is 14.5 Å². The molecule has 9 heteroatoms. The lowest BCUT2D eigenvalue weighted by molar-refractivity contribution is -0.123. The number of carbonyl (C=O) groups excluding carboxylic acids is 3. The molecule has 34 heavy (non-hydrogen) atoms. The molecule has 0 radical (unpaired) electrons. The summed E-state index contributed by atoms with van der Waals surface area (Å²) in [6, 6.07) is 17.1. The number of carbonyl (C=O) groups is 3. The van der Waals surface area contributed by atoms with Gasteiger partial charge in [0, 0.05) is 11.6 Å². The summed E-state index contributed by atoms with van der Waals surface area (Å²) in [6.45, 7) is 1.94. The number of rotatable bonds is 6. The molecule has 1 saturated heterocycles. The molecule has 1 aliphatic rings. The molecule has 2 amide bonds. The van der Waals surface area contributed by atoms with Gasteiger partial charge < -0.3 is 9.15 Å². The average Bonchev–Trinajstić information content (AvgIpc) is 3.40. The first kappa shape index (κ1) is 23.4. The van der Waals surface area contributed by atoms with Crippen LogP contribution in [-0.4, -0.2) is 28.6 Å². The fourth-order valence-electron chi connectivity index (χ4n) is 3.33. The second-order valence-electron chi connectivity index (χ2n) is 7.15. The molecule has 170 valence electrons. The van der Waals surface area contributed by atoms with Gasteiger partial charge >= 0.3 is 5.97 Å². The summed E-state index contributed by atoms with van der Waals surface area (Å²) < 4.78 is 10.9. The quantitative estimate of drug-likeness (QED) is 0.312. The monoisotopic (exact) mass is 492 g/mol. The Morgan fingerprint density at radius 2 is 2.00 bits per heavy atom. The Balaban J connectivity index is 1.55. The Bertz CT molecular complexity index is 1370. The Morgan fingerprint density at radius 3 is 2.76 bits per heavy atom. The number of esters is 1. The second-order valence-corrected chi connectivity index (χ2v) is 8.55. The van der Waals surface area contributed by atoms with Gasteiger partial charge in [0.15, 0.2) is 0 Å². The van der Waals surface area contributed by atoms with Crippen molar-refractivity contribution in [2.75, 3.05) is 6.61 Å². The van der Waals surface area contributed by atoms with Gasteiger partial charge in [0.1, 0.15) is 11.5 Å². The fourth-order valence-corrected chi connectivity index (χ4v) is 4.35. The van der Waals surface area contributed by atoms with Gasteiger partial charge in [-0.15, -0.1) is 0 Å². The van der Waals surface area contributed by atoms with E-state index in [2.05, 4.69) is 6.07 Å². The Hall–Kier alpha value is -3.80. The van der Waals surface area contributed by atoms with E-state index in [1.54, 1.807) is 61.5 Å². The number of furan rings is 1. The first-order valence-corrected chi connectivity index (χ1v) is 11.4. The number of imide groups is 1. The number of thioether (sulfide) groups is 1. The van der Waals surface area contributed by atoms with Crippen LogP contribution in [0.3, 0.4) is 0 Å². The maximum Gasteiger partial charge on any atom is 0.339 e. The molecule has 4 rings (SSSR count). The zero-order valence-electron chi connectivity index (χ0n) is 17.9. The van der Waals surface area contributed by atoms with Crippen LogP contribution in [0.1, 0.15) is 34.2 Å². The van der Waals surface area contributed by atoms with Crippen LogP contribution in [-0.2, 0) is 16.1 Å². The van der Waals surface area contributed by atoms with Gasteiger partial charge in [0.2, 0.25) is 0 Å². The third-order valence-electron chi connectivity index (χ3n) is 4.99. The number of benzene rings is 2. The minimum atomic E-state index is -0.534. The zero-order valence-corrected chi connectivity index (χ0v) is 19.5. The van der Waals surface area contributed by atoms with Gasteiger partial charge in [-0.25, -0.2) is 4.79 Å². The van der Waals surface area contributed by atoms with E-state index >= 15 is 0 Å². The predicted molar refractivity (Wildman–Crippen MR) is 128 cm³/mol. The predicted octanol–water partition coefficient (Wildman–Crippen LogP) is 5.88. The van der Waals surface area contributed by atoms with E-state index in [1.165, 1.54) is 6.08 Å². The van der Waals surface area contributed by atoms with Crippen molar-refractivity contribution >= 4 is 46.6 Å². The fraction of sp³-hybridized carbons (Fsp3) is 0.120. The van der Waals surface area contributed by atoms with E-state index in [0.717, 1.165) is 16.7 Å². The number of nitriles is 1. The average molecular weight is 493 g/mol. The topological polar surface area (TPSA) is 101 Å². The molecule has 3 aromatic rings. The standard InChI is InChI=1S/C25H17ClN2O5S/c1-2-32-24(30)19-11-15(7-9-20(19)26)21-10-8-18(33-21)12-22-23(29)28(25(31)34-22)14-17-6-4-3-5-16(17)13-27/h3-12H,2,14H2,1H3/b22-12+. The summed E-state index contributed by atoms with van der Waals surface area (Å²) in [4.78, 5) is 38.7. The lowest BCUT2D eigenvalue weighted by Gasteiger charge is -2.13. The third kappa shape index (κ3) is 4.76. The van der Waals surface area contributed by atoms with Crippen LogP contribution in [0.4, 0.5) is 4.79 Å². The highest BCUT2D eigenvalue weighted by Crippen LogP contribution is 2.35. The lowest BCUT2D eigenvalue weighted by Crippen LogP contribution is -2.27. The Morgan fingerprint density at radius 1 is 1.21 bits per heavy atom. The maximum atomic E-state index is 12.8. The van der Waals surface area contributed by atoms with Crippen molar-refractivity contribution in [2.24, 2.45) is 0 Å². The molecule has 2 aromatic carbocycles. The summed E-state index contributed by atoms with van der Waals surface area (Å²) in [5, 5.41) is 9.10. The number of halogens is 1. The Labute approximate surface area is 204 Å². The third-order valence-corrected chi connectivity index (χ3v) is 6.22. The van der Waals surface area contributed by atoms with E-state index in [9.17, 15) is 19.6 Å². The van der Waals surface area contributed by atoms with Gasteiger partial charge in [-0.05, 0) is 60.6 Å². The maximum absolute atomic E-state index is 12.8. The SMILES string of the molecule is CCOC(=O)c1cc(-c2ccc(/C=C3/SC(=O)N(Cc4ccccc4C#N)C3=O)o2)ccc1Cl. The molecule has 0 saturated carbocycles. The second kappa shape index (κ2) is 10.00. The highest BCUT2D eigenvalue weighted by atomic mass is 35.5. The van der Waals surface area contributed by atoms with Crippen molar-refractivity contribution in [3.05, 3.63) is 87.0 Å². The first-order chi connectivity index (χ1) is 16.4. The van der Waals surface area contributed by atoms with E-state index in [0.29, 0.717) is 28.2 Å². The van der Waals surface area contributed by atoms with Crippen molar-refractivity contribution in [3.8, 4) is 17.4 Å². The van der Waals surface area contributed by atoms with Crippen molar-refractivity contribution in [1.82, 2.24) is 4.90 Å². The van der Waals surface area contributed by atoms with Crippen LogP contribution in [0.2, 0.25) is 5.02 Å². The lowest BCUT2D eigenvalue weighted by atomic mass is 10.1. The van der Waals surface area contributed by atoms with Crippen molar-refractivity contribution in [1.29, 1.82) is 5.26 Å². The molecule has 0 unspecified atom stereocenters. The molecule has 1 aliphatic heterocycles. The van der Waals surface area contributed by atoms with E-state index in [1.807, 2.05) is 0 Å². The van der Waals surface area contributed by atoms with Crippen molar-refractivity contribution < 1.29 is 23.5 Å². The summed E-state index contributed by atoms with van der Waals surface area (Å²) in [6.07, 6.45) is 1.49. The normalized spacial score (nSPS) is 14.5. The molecule has 0 N–H and O–H groups in total.